The lowest BCUT2D eigenvalue weighted by atomic mass is 10.3. The summed E-state index contributed by atoms with van der Waals surface area (Å²) in [5.74, 6) is 0.0878. The number of phenols is 1. The molecule has 0 saturated heterocycles. The molecule has 0 fully saturated rings. The standard InChI is InChI=1S/C9H8N4O3S2/c1-12-4-10-11-13(12)18-7-3-5(14)2-6-8(7)16-9(15)17-6/h2-4,11,14H,1H3. The first-order valence-electron chi connectivity index (χ1n) is 4.90. The molecular formula is C9H8N4O3S2. The van der Waals surface area contributed by atoms with Crippen LogP contribution in [0.4, 0.5) is 0 Å². The summed E-state index contributed by atoms with van der Waals surface area (Å²) in [4.78, 5) is 11.5. The van der Waals surface area contributed by atoms with Crippen molar-refractivity contribution in [2.45, 2.75) is 4.90 Å². The number of rotatable bonds is 2. The molecule has 1 aromatic heterocycles. The number of phenolic OH excluding ortho intramolecular Hbond substituents is 1. The number of fused-ring (bicyclic) bond motifs is 1. The van der Waals surface area contributed by atoms with Crippen LogP contribution in [-0.4, -0.2) is 28.0 Å². The molecule has 18 heavy (non-hydrogen) atoms. The Morgan fingerprint density at radius 1 is 1.56 bits per heavy atom. The molecule has 7 nitrogen and oxygen atoms in total. The van der Waals surface area contributed by atoms with E-state index in [1.54, 1.807) is 22.9 Å². The highest BCUT2D eigenvalue weighted by Crippen LogP contribution is 2.35. The molecule has 0 aliphatic carbocycles. The van der Waals surface area contributed by atoms with E-state index < -0.39 is 4.94 Å². The Hall–Kier alpha value is -1.71. The smallest absolute Gasteiger partial charge is 0.396 e. The maximum atomic E-state index is 11.3. The first kappa shape index (κ1) is 11.4. The van der Waals surface area contributed by atoms with Gasteiger partial charge in [-0.1, -0.05) is 15.9 Å². The summed E-state index contributed by atoms with van der Waals surface area (Å²) in [6.45, 7) is 0. The fourth-order valence-corrected chi connectivity index (χ4v) is 3.10. The maximum Gasteiger partial charge on any atom is 0.396 e. The molecule has 1 aliphatic rings. The molecule has 2 aromatic rings. The van der Waals surface area contributed by atoms with E-state index in [0.717, 1.165) is 11.3 Å². The molecule has 3 rings (SSSR count). The number of nitrogens with zero attached hydrogens (tertiary/aromatic N) is 3. The molecule has 0 radical (unpaired) electrons. The average Bonchev–Trinajstić information content (AvgIpc) is 2.85. The van der Waals surface area contributed by atoms with Gasteiger partial charge in [0.25, 0.3) is 0 Å². The molecule has 0 unspecified atom stereocenters. The van der Waals surface area contributed by atoms with Crippen molar-refractivity contribution < 1.29 is 9.52 Å². The van der Waals surface area contributed by atoms with Crippen LogP contribution in [0.2, 0.25) is 0 Å². The zero-order valence-corrected chi connectivity index (χ0v) is 10.8. The van der Waals surface area contributed by atoms with Gasteiger partial charge >= 0.3 is 4.94 Å². The van der Waals surface area contributed by atoms with Gasteiger partial charge in [0.15, 0.2) is 5.58 Å². The summed E-state index contributed by atoms with van der Waals surface area (Å²) in [7, 11) is 1.81. The molecular weight excluding hydrogens is 276 g/mol. The van der Waals surface area contributed by atoms with Crippen LogP contribution < -0.4 is 10.5 Å². The first-order valence-corrected chi connectivity index (χ1v) is 6.49. The van der Waals surface area contributed by atoms with Crippen LogP contribution in [0, 0.1) is 0 Å². The predicted molar refractivity (Wildman–Crippen MR) is 69.1 cm³/mol. The van der Waals surface area contributed by atoms with Gasteiger partial charge in [-0.3, -0.25) is 5.01 Å². The Kier molecular flexibility index (Phi) is 2.65. The topological polar surface area (TPSA) is 81.3 Å². The van der Waals surface area contributed by atoms with Crippen molar-refractivity contribution in [2.24, 2.45) is 5.10 Å². The lowest BCUT2D eigenvalue weighted by molar-refractivity contribution is 0.177. The van der Waals surface area contributed by atoms with Crippen molar-refractivity contribution in [1.29, 1.82) is 0 Å². The lowest BCUT2D eigenvalue weighted by Gasteiger charge is -2.20. The number of hydrazine groups is 2. The number of hydrazone groups is 1. The van der Waals surface area contributed by atoms with Gasteiger partial charge in [0.1, 0.15) is 12.1 Å². The van der Waals surface area contributed by atoms with Crippen LogP contribution >= 0.6 is 23.3 Å². The molecule has 0 bridgehead atoms. The number of aromatic hydroxyl groups is 1. The van der Waals surface area contributed by atoms with E-state index in [9.17, 15) is 9.90 Å². The average molecular weight is 284 g/mol. The van der Waals surface area contributed by atoms with Crippen LogP contribution in [0.1, 0.15) is 0 Å². The van der Waals surface area contributed by atoms with Gasteiger partial charge in [-0.05, 0) is 6.07 Å². The second kappa shape index (κ2) is 4.19. The van der Waals surface area contributed by atoms with Crippen LogP contribution in [0.5, 0.6) is 5.75 Å². The molecule has 0 spiro atoms. The van der Waals surface area contributed by atoms with Crippen LogP contribution in [0.15, 0.2) is 31.3 Å². The minimum absolute atomic E-state index is 0.0878. The van der Waals surface area contributed by atoms with Gasteiger partial charge in [0, 0.05) is 25.1 Å². The first-order chi connectivity index (χ1) is 8.63. The second-order valence-corrected chi connectivity index (χ2v) is 5.45. The SMILES string of the molecule is CN1C=NNN1Sc1cc(O)cc2sc(=O)oc12. The molecule has 2 heterocycles. The zero-order chi connectivity index (χ0) is 12.7. The third kappa shape index (κ3) is 1.92. The van der Waals surface area contributed by atoms with Crippen molar-refractivity contribution >= 4 is 39.9 Å². The van der Waals surface area contributed by atoms with E-state index in [2.05, 4.69) is 10.6 Å². The van der Waals surface area contributed by atoms with Gasteiger partial charge in [0.2, 0.25) is 0 Å². The molecule has 0 atom stereocenters. The largest absolute Gasteiger partial charge is 0.508 e. The number of nitrogens with one attached hydrogen (secondary N) is 1. The fourth-order valence-electron chi connectivity index (χ4n) is 1.46. The van der Waals surface area contributed by atoms with Crippen molar-refractivity contribution in [3.05, 3.63) is 21.9 Å². The van der Waals surface area contributed by atoms with Crippen LogP contribution in [0.25, 0.3) is 10.3 Å². The minimum Gasteiger partial charge on any atom is -0.508 e. The van der Waals surface area contributed by atoms with Gasteiger partial charge in [0.05, 0.1) is 9.60 Å². The Morgan fingerprint density at radius 3 is 3.11 bits per heavy atom. The highest BCUT2D eigenvalue weighted by atomic mass is 32.2. The number of hydrogen-bond acceptors (Lipinski definition) is 9. The Bertz CT molecular complexity index is 680. The van der Waals surface area contributed by atoms with E-state index in [4.69, 9.17) is 4.42 Å². The fraction of sp³-hybridized carbons (Fsp3) is 0.111. The predicted octanol–water partition coefficient (Wildman–Crippen LogP) is 1.18. The maximum absolute atomic E-state index is 11.3. The Labute approximate surface area is 109 Å². The summed E-state index contributed by atoms with van der Waals surface area (Å²) < 4.78 is 7.36. The molecule has 0 saturated carbocycles. The summed E-state index contributed by atoms with van der Waals surface area (Å²) in [6.07, 6.45) is 1.59. The number of benzene rings is 1. The van der Waals surface area contributed by atoms with Crippen molar-refractivity contribution in [3.63, 3.8) is 0 Å². The van der Waals surface area contributed by atoms with E-state index >= 15 is 0 Å². The van der Waals surface area contributed by atoms with Crippen molar-refractivity contribution in [2.75, 3.05) is 7.05 Å². The van der Waals surface area contributed by atoms with Crippen molar-refractivity contribution in [3.8, 4) is 5.75 Å². The molecule has 94 valence electrons. The molecule has 1 aliphatic heterocycles. The Morgan fingerprint density at radius 2 is 2.39 bits per heavy atom. The molecule has 2 N–H and O–H groups in total. The van der Waals surface area contributed by atoms with Gasteiger partial charge < -0.3 is 9.52 Å². The summed E-state index contributed by atoms with van der Waals surface area (Å²) >= 11 is 2.21. The van der Waals surface area contributed by atoms with Gasteiger partial charge in [-0.2, -0.15) is 5.10 Å². The third-order valence-electron chi connectivity index (χ3n) is 2.22. The lowest BCUT2D eigenvalue weighted by Crippen LogP contribution is -2.34. The normalized spacial score (nSPS) is 15.5. The minimum atomic E-state index is -0.392. The third-order valence-corrected chi connectivity index (χ3v) is 4.01. The van der Waals surface area contributed by atoms with Crippen molar-refractivity contribution in [1.82, 2.24) is 15.1 Å². The van der Waals surface area contributed by atoms with E-state index in [-0.39, 0.29) is 5.75 Å². The van der Waals surface area contributed by atoms with E-state index in [0.29, 0.717) is 15.2 Å². The van der Waals surface area contributed by atoms with Gasteiger partial charge in [-0.25, -0.2) is 10.3 Å². The monoisotopic (exact) mass is 284 g/mol. The highest BCUT2D eigenvalue weighted by molar-refractivity contribution is 7.97. The second-order valence-electron chi connectivity index (χ2n) is 3.51. The van der Waals surface area contributed by atoms with Crippen LogP contribution in [-0.2, 0) is 0 Å². The van der Waals surface area contributed by atoms with Gasteiger partial charge in [-0.15, -0.1) is 0 Å². The van der Waals surface area contributed by atoms with E-state index in [1.165, 1.54) is 24.1 Å². The zero-order valence-electron chi connectivity index (χ0n) is 9.15. The Balaban J connectivity index is 2.02. The molecule has 9 heteroatoms. The molecule has 1 aromatic carbocycles. The number of hydrogen-bond donors (Lipinski definition) is 2. The van der Waals surface area contributed by atoms with E-state index in [1.807, 2.05) is 0 Å². The summed E-state index contributed by atoms with van der Waals surface area (Å²) in [6, 6.07) is 3.04. The summed E-state index contributed by atoms with van der Waals surface area (Å²) in [5, 5.41) is 15.2. The summed E-state index contributed by atoms with van der Waals surface area (Å²) in [5.41, 5.74) is 3.21. The highest BCUT2D eigenvalue weighted by Gasteiger charge is 2.19. The molecule has 0 amide bonds. The van der Waals surface area contributed by atoms with Crippen LogP contribution in [0.3, 0.4) is 0 Å². The quantitative estimate of drug-likeness (QED) is 0.801.